The van der Waals surface area contributed by atoms with Gasteiger partial charge in [0, 0.05) is 44.9 Å². The zero-order valence-corrected chi connectivity index (χ0v) is 15.4. The number of amides is 2. The van der Waals surface area contributed by atoms with Crippen LogP contribution in [-0.4, -0.2) is 39.8 Å². The van der Waals surface area contributed by atoms with Crippen molar-refractivity contribution in [1.82, 2.24) is 20.2 Å². The molecular formula is C17H19ClN4O2S. The molecule has 3 heterocycles. The maximum atomic E-state index is 12.3. The van der Waals surface area contributed by atoms with E-state index in [0.717, 1.165) is 16.3 Å². The lowest BCUT2D eigenvalue weighted by atomic mass is 10.1. The van der Waals surface area contributed by atoms with E-state index in [2.05, 4.69) is 15.3 Å². The Balaban J connectivity index is 1.47. The number of thiazole rings is 1. The van der Waals surface area contributed by atoms with Gasteiger partial charge in [-0.2, -0.15) is 0 Å². The first-order valence-electron chi connectivity index (χ1n) is 8.09. The SMILES string of the molecule is Cc1nc(CCNC(=O)[C@H]2CC(=O)N(Cc3ccncc3)C2)sc1Cl. The van der Waals surface area contributed by atoms with Gasteiger partial charge in [0.25, 0.3) is 0 Å². The van der Waals surface area contributed by atoms with Crippen LogP contribution < -0.4 is 5.32 Å². The summed E-state index contributed by atoms with van der Waals surface area (Å²) < 4.78 is 0.689. The quantitative estimate of drug-likeness (QED) is 0.836. The fourth-order valence-electron chi connectivity index (χ4n) is 2.78. The van der Waals surface area contributed by atoms with Crippen molar-refractivity contribution in [2.75, 3.05) is 13.1 Å². The Bertz CT molecular complexity index is 746. The monoisotopic (exact) mass is 378 g/mol. The van der Waals surface area contributed by atoms with E-state index in [-0.39, 0.29) is 24.2 Å². The van der Waals surface area contributed by atoms with Crippen LogP contribution in [0.25, 0.3) is 0 Å². The summed E-state index contributed by atoms with van der Waals surface area (Å²) in [6.07, 6.45) is 4.31. The zero-order valence-electron chi connectivity index (χ0n) is 13.9. The minimum atomic E-state index is -0.295. The van der Waals surface area contributed by atoms with E-state index in [1.807, 2.05) is 19.1 Å². The predicted molar refractivity (Wildman–Crippen MR) is 96.3 cm³/mol. The van der Waals surface area contributed by atoms with Gasteiger partial charge < -0.3 is 10.2 Å². The van der Waals surface area contributed by atoms with Gasteiger partial charge in [0.1, 0.15) is 4.34 Å². The predicted octanol–water partition coefficient (Wildman–Crippen LogP) is 2.21. The summed E-state index contributed by atoms with van der Waals surface area (Å²) in [7, 11) is 0. The fourth-order valence-corrected chi connectivity index (χ4v) is 3.88. The van der Waals surface area contributed by atoms with E-state index < -0.39 is 0 Å². The lowest BCUT2D eigenvalue weighted by molar-refractivity contribution is -0.129. The van der Waals surface area contributed by atoms with Gasteiger partial charge in [-0.25, -0.2) is 4.98 Å². The standard InChI is InChI=1S/C17H19ClN4O2S/c1-11-16(18)25-14(21-11)4-7-20-17(24)13-8-15(23)22(10-13)9-12-2-5-19-6-3-12/h2-3,5-6,13H,4,7-10H2,1H3,(H,20,24)/t13-/m0/s1. The summed E-state index contributed by atoms with van der Waals surface area (Å²) in [5, 5.41) is 3.81. The van der Waals surface area contributed by atoms with E-state index in [1.54, 1.807) is 17.3 Å². The summed E-state index contributed by atoms with van der Waals surface area (Å²) in [5.74, 6) is -0.361. The average Bonchev–Trinajstić information content (AvgIpc) is 3.11. The summed E-state index contributed by atoms with van der Waals surface area (Å²) in [4.78, 5) is 34.5. The van der Waals surface area contributed by atoms with E-state index in [9.17, 15) is 9.59 Å². The van der Waals surface area contributed by atoms with Gasteiger partial charge in [-0.3, -0.25) is 14.6 Å². The van der Waals surface area contributed by atoms with Crippen molar-refractivity contribution in [1.29, 1.82) is 0 Å². The number of aromatic nitrogens is 2. The lowest BCUT2D eigenvalue weighted by Crippen LogP contribution is -2.34. The number of hydrogen-bond acceptors (Lipinski definition) is 5. The molecule has 0 aromatic carbocycles. The van der Waals surface area contributed by atoms with E-state index in [1.165, 1.54) is 11.3 Å². The molecule has 2 aromatic heterocycles. The number of rotatable bonds is 6. The van der Waals surface area contributed by atoms with Gasteiger partial charge in [-0.1, -0.05) is 11.6 Å². The van der Waals surface area contributed by atoms with Crippen molar-refractivity contribution in [2.45, 2.75) is 26.3 Å². The Morgan fingerprint density at radius 1 is 1.44 bits per heavy atom. The highest BCUT2D eigenvalue weighted by atomic mass is 35.5. The molecule has 2 amide bonds. The molecule has 2 aromatic rings. The fraction of sp³-hybridized carbons (Fsp3) is 0.412. The number of nitrogens with one attached hydrogen (secondary N) is 1. The third kappa shape index (κ3) is 4.55. The van der Waals surface area contributed by atoms with Crippen LogP contribution in [0, 0.1) is 12.8 Å². The summed E-state index contributed by atoms with van der Waals surface area (Å²) in [5.41, 5.74) is 1.83. The Kier molecular flexibility index (Phi) is 5.65. The lowest BCUT2D eigenvalue weighted by Gasteiger charge is -2.16. The highest BCUT2D eigenvalue weighted by molar-refractivity contribution is 7.16. The van der Waals surface area contributed by atoms with Gasteiger partial charge >= 0.3 is 0 Å². The number of halogens is 1. The minimum absolute atomic E-state index is 0.0132. The molecule has 0 spiro atoms. The van der Waals surface area contributed by atoms with E-state index in [4.69, 9.17) is 11.6 Å². The number of aryl methyl sites for hydroxylation is 1. The minimum Gasteiger partial charge on any atom is -0.355 e. The smallest absolute Gasteiger partial charge is 0.225 e. The first-order valence-corrected chi connectivity index (χ1v) is 9.28. The molecule has 1 saturated heterocycles. The van der Waals surface area contributed by atoms with Crippen molar-refractivity contribution in [3.8, 4) is 0 Å². The average molecular weight is 379 g/mol. The third-order valence-corrected chi connectivity index (χ3v) is 5.64. The second-order valence-electron chi connectivity index (χ2n) is 6.04. The molecule has 1 fully saturated rings. The third-order valence-electron chi connectivity index (χ3n) is 4.13. The maximum absolute atomic E-state index is 12.3. The number of likely N-dealkylation sites (tertiary alicyclic amines) is 1. The second-order valence-corrected chi connectivity index (χ2v) is 7.72. The Hall–Kier alpha value is -1.99. The van der Waals surface area contributed by atoms with Gasteiger partial charge in [0.15, 0.2) is 0 Å². The Morgan fingerprint density at radius 2 is 2.20 bits per heavy atom. The summed E-state index contributed by atoms with van der Waals surface area (Å²) in [6, 6.07) is 3.75. The van der Waals surface area contributed by atoms with Crippen molar-refractivity contribution in [2.24, 2.45) is 5.92 Å². The second kappa shape index (κ2) is 7.93. The summed E-state index contributed by atoms with van der Waals surface area (Å²) in [6.45, 7) is 3.33. The molecule has 8 heteroatoms. The maximum Gasteiger partial charge on any atom is 0.225 e. The number of pyridine rings is 1. The van der Waals surface area contributed by atoms with Crippen LogP contribution in [0.2, 0.25) is 4.34 Å². The van der Waals surface area contributed by atoms with Crippen molar-refractivity contribution < 1.29 is 9.59 Å². The molecule has 25 heavy (non-hydrogen) atoms. The first-order chi connectivity index (χ1) is 12.0. The molecule has 0 saturated carbocycles. The van der Waals surface area contributed by atoms with Crippen molar-refractivity contribution >= 4 is 34.8 Å². The van der Waals surface area contributed by atoms with Crippen LogP contribution >= 0.6 is 22.9 Å². The first kappa shape index (κ1) is 17.8. The number of carbonyl (C=O) groups excluding carboxylic acids is 2. The van der Waals surface area contributed by atoms with Gasteiger partial charge in [0.2, 0.25) is 11.8 Å². The molecule has 0 unspecified atom stereocenters. The van der Waals surface area contributed by atoms with Gasteiger partial charge in [-0.15, -0.1) is 11.3 Å². The van der Waals surface area contributed by atoms with E-state index in [0.29, 0.717) is 30.4 Å². The number of nitrogens with zero attached hydrogens (tertiary/aromatic N) is 3. The van der Waals surface area contributed by atoms with Crippen LogP contribution in [0.3, 0.4) is 0 Å². The Labute approximate surface area is 155 Å². The molecule has 3 rings (SSSR count). The topological polar surface area (TPSA) is 75.2 Å². The van der Waals surface area contributed by atoms with Crippen LogP contribution in [0.4, 0.5) is 0 Å². The van der Waals surface area contributed by atoms with Gasteiger partial charge in [0.05, 0.1) is 16.6 Å². The molecule has 0 radical (unpaired) electrons. The molecule has 1 aliphatic heterocycles. The molecule has 1 atom stereocenters. The van der Waals surface area contributed by atoms with Crippen LogP contribution in [0.1, 0.15) is 22.7 Å². The van der Waals surface area contributed by atoms with Crippen molar-refractivity contribution in [3.63, 3.8) is 0 Å². The number of carbonyl (C=O) groups is 2. The molecule has 1 N–H and O–H groups in total. The van der Waals surface area contributed by atoms with Crippen LogP contribution in [-0.2, 0) is 22.6 Å². The molecule has 1 aliphatic rings. The molecule has 0 aliphatic carbocycles. The highest BCUT2D eigenvalue weighted by Gasteiger charge is 2.34. The van der Waals surface area contributed by atoms with Crippen LogP contribution in [0.15, 0.2) is 24.5 Å². The largest absolute Gasteiger partial charge is 0.355 e. The molecule has 0 bridgehead atoms. The summed E-state index contributed by atoms with van der Waals surface area (Å²) >= 11 is 7.43. The zero-order chi connectivity index (χ0) is 17.8. The molecule has 132 valence electrons. The normalized spacial score (nSPS) is 17.1. The molecular weight excluding hydrogens is 360 g/mol. The highest BCUT2D eigenvalue weighted by Crippen LogP contribution is 2.23. The van der Waals surface area contributed by atoms with E-state index >= 15 is 0 Å². The van der Waals surface area contributed by atoms with Crippen LogP contribution in [0.5, 0.6) is 0 Å². The number of hydrogen-bond donors (Lipinski definition) is 1. The Morgan fingerprint density at radius 3 is 2.88 bits per heavy atom. The van der Waals surface area contributed by atoms with Crippen molar-refractivity contribution in [3.05, 3.63) is 45.1 Å². The molecule has 6 nitrogen and oxygen atoms in total. The van der Waals surface area contributed by atoms with Gasteiger partial charge in [-0.05, 0) is 24.6 Å².